The van der Waals surface area contributed by atoms with Crippen molar-refractivity contribution in [1.29, 1.82) is 0 Å². The minimum atomic E-state index is -0.547. The van der Waals surface area contributed by atoms with Gasteiger partial charge in [-0.05, 0) is 19.3 Å². The number of hydrogen-bond donors (Lipinski definition) is 1. The van der Waals surface area contributed by atoms with Gasteiger partial charge in [-0.2, -0.15) is 0 Å². The van der Waals surface area contributed by atoms with Crippen LogP contribution in [0, 0.1) is 0 Å². The zero-order valence-corrected chi connectivity index (χ0v) is 9.52. The molecule has 2 aliphatic heterocycles. The second kappa shape index (κ2) is 3.80. The van der Waals surface area contributed by atoms with E-state index in [4.69, 9.17) is 0 Å². The maximum Gasteiger partial charge on any atom is 0.331 e. The SMILES string of the molecule is O=C1CC(=O)N(C2CCN(C3CC3)C2)C(=O)N1. The fourth-order valence-electron chi connectivity index (χ4n) is 2.68. The molecule has 1 atom stereocenters. The van der Waals surface area contributed by atoms with Crippen LogP contribution in [0.25, 0.3) is 0 Å². The third kappa shape index (κ3) is 1.93. The number of amides is 4. The van der Waals surface area contributed by atoms with Crippen LogP contribution in [0.15, 0.2) is 0 Å². The van der Waals surface area contributed by atoms with Crippen molar-refractivity contribution in [3.05, 3.63) is 0 Å². The molecule has 3 rings (SSSR count). The highest BCUT2D eigenvalue weighted by molar-refractivity contribution is 6.14. The smallest absolute Gasteiger partial charge is 0.298 e. The Labute approximate surface area is 98.9 Å². The first-order valence-corrected chi connectivity index (χ1v) is 6.05. The van der Waals surface area contributed by atoms with Crippen LogP contribution in [-0.2, 0) is 9.59 Å². The maximum absolute atomic E-state index is 11.7. The molecule has 0 spiro atoms. The quantitative estimate of drug-likeness (QED) is 0.669. The molecular formula is C11H15N3O3. The highest BCUT2D eigenvalue weighted by atomic mass is 16.2. The Morgan fingerprint density at radius 3 is 2.47 bits per heavy atom. The number of rotatable bonds is 2. The fourth-order valence-corrected chi connectivity index (χ4v) is 2.68. The monoisotopic (exact) mass is 237 g/mol. The molecule has 4 amide bonds. The van der Waals surface area contributed by atoms with Gasteiger partial charge in [-0.15, -0.1) is 0 Å². The van der Waals surface area contributed by atoms with Crippen molar-refractivity contribution in [2.75, 3.05) is 13.1 Å². The third-order valence-electron chi connectivity index (χ3n) is 3.67. The van der Waals surface area contributed by atoms with Crippen LogP contribution in [0.2, 0.25) is 0 Å². The van der Waals surface area contributed by atoms with E-state index in [9.17, 15) is 14.4 Å². The predicted molar refractivity (Wildman–Crippen MR) is 58.0 cm³/mol. The molecular weight excluding hydrogens is 222 g/mol. The number of hydrogen-bond acceptors (Lipinski definition) is 4. The summed E-state index contributed by atoms with van der Waals surface area (Å²) in [6.07, 6.45) is 3.08. The summed E-state index contributed by atoms with van der Waals surface area (Å²) in [7, 11) is 0. The summed E-state index contributed by atoms with van der Waals surface area (Å²) in [6, 6.07) is 0.0506. The summed E-state index contributed by atoms with van der Waals surface area (Å²) in [5.41, 5.74) is 0. The number of barbiturate groups is 1. The number of imide groups is 2. The molecule has 6 heteroatoms. The molecule has 0 aromatic heterocycles. The molecule has 3 aliphatic rings. The standard InChI is InChI=1S/C11H15N3O3/c15-9-5-10(16)14(11(17)12-9)8-3-4-13(6-8)7-1-2-7/h7-8H,1-6H2,(H,12,15,17). The first-order chi connectivity index (χ1) is 8.15. The minimum absolute atomic E-state index is 0.0591. The Kier molecular flexibility index (Phi) is 2.39. The predicted octanol–water partition coefficient (Wildman–Crippen LogP) is -0.308. The molecule has 17 heavy (non-hydrogen) atoms. The van der Waals surface area contributed by atoms with Gasteiger partial charge >= 0.3 is 6.03 Å². The maximum atomic E-state index is 11.7. The Balaban J connectivity index is 1.69. The number of carbonyl (C=O) groups excluding carboxylic acids is 3. The van der Waals surface area contributed by atoms with Gasteiger partial charge in [-0.3, -0.25) is 24.7 Å². The topological polar surface area (TPSA) is 69.7 Å². The Morgan fingerprint density at radius 2 is 1.82 bits per heavy atom. The largest absolute Gasteiger partial charge is 0.331 e. The van der Waals surface area contributed by atoms with Crippen molar-refractivity contribution in [3.63, 3.8) is 0 Å². The second-order valence-corrected chi connectivity index (χ2v) is 4.96. The Bertz CT molecular complexity index is 371. The summed E-state index contributed by atoms with van der Waals surface area (Å²) in [5, 5.41) is 2.21. The molecule has 0 bridgehead atoms. The number of nitrogens with one attached hydrogen (secondary N) is 1. The normalized spacial score (nSPS) is 30.9. The van der Waals surface area contributed by atoms with Crippen LogP contribution >= 0.6 is 0 Å². The Hall–Kier alpha value is -1.43. The van der Waals surface area contributed by atoms with Gasteiger partial charge in [0.25, 0.3) is 0 Å². The molecule has 1 N–H and O–H groups in total. The third-order valence-corrected chi connectivity index (χ3v) is 3.67. The molecule has 92 valence electrons. The van der Waals surface area contributed by atoms with Crippen molar-refractivity contribution < 1.29 is 14.4 Å². The first-order valence-electron chi connectivity index (χ1n) is 6.05. The molecule has 6 nitrogen and oxygen atoms in total. The molecule has 1 saturated carbocycles. The zero-order valence-electron chi connectivity index (χ0n) is 9.52. The summed E-state index contributed by atoms with van der Waals surface area (Å²) in [6.45, 7) is 1.71. The molecule has 2 heterocycles. The zero-order chi connectivity index (χ0) is 12.0. The molecule has 0 aromatic carbocycles. The van der Waals surface area contributed by atoms with Gasteiger partial charge in [-0.25, -0.2) is 4.79 Å². The van der Waals surface area contributed by atoms with Crippen LogP contribution in [-0.4, -0.2) is 52.8 Å². The molecule has 0 radical (unpaired) electrons. The van der Waals surface area contributed by atoms with Gasteiger partial charge in [-0.1, -0.05) is 0 Å². The fraction of sp³-hybridized carbons (Fsp3) is 0.727. The van der Waals surface area contributed by atoms with E-state index in [2.05, 4.69) is 10.2 Å². The van der Waals surface area contributed by atoms with E-state index in [1.807, 2.05) is 0 Å². The number of carbonyl (C=O) groups is 3. The summed E-state index contributed by atoms with van der Waals surface area (Å²) in [4.78, 5) is 38.0. The van der Waals surface area contributed by atoms with Gasteiger partial charge in [0, 0.05) is 19.1 Å². The average molecular weight is 237 g/mol. The van der Waals surface area contributed by atoms with Crippen molar-refractivity contribution in [2.45, 2.75) is 37.8 Å². The summed E-state index contributed by atoms with van der Waals surface area (Å²) < 4.78 is 0. The van der Waals surface area contributed by atoms with Crippen LogP contribution in [0.3, 0.4) is 0 Å². The lowest BCUT2D eigenvalue weighted by molar-refractivity contribution is -0.137. The summed E-state index contributed by atoms with van der Waals surface area (Å²) >= 11 is 0. The van der Waals surface area contributed by atoms with E-state index in [-0.39, 0.29) is 18.4 Å². The van der Waals surface area contributed by atoms with E-state index in [1.165, 1.54) is 17.7 Å². The lowest BCUT2D eigenvalue weighted by Gasteiger charge is -2.30. The lowest BCUT2D eigenvalue weighted by Crippen LogP contribution is -2.57. The van der Waals surface area contributed by atoms with Crippen LogP contribution in [0.5, 0.6) is 0 Å². The van der Waals surface area contributed by atoms with E-state index in [0.29, 0.717) is 6.04 Å². The average Bonchev–Trinajstić information content (AvgIpc) is 2.98. The van der Waals surface area contributed by atoms with Gasteiger partial charge in [0.05, 0.1) is 6.04 Å². The van der Waals surface area contributed by atoms with Gasteiger partial charge in [0.2, 0.25) is 11.8 Å². The molecule has 1 unspecified atom stereocenters. The van der Waals surface area contributed by atoms with Crippen LogP contribution < -0.4 is 5.32 Å². The van der Waals surface area contributed by atoms with E-state index >= 15 is 0 Å². The molecule has 0 aromatic rings. The van der Waals surface area contributed by atoms with Crippen LogP contribution in [0.1, 0.15) is 25.7 Å². The molecule has 1 aliphatic carbocycles. The van der Waals surface area contributed by atoms with E-state index < -0.39 is 11.9 Å². The molecule has 3 fully saturated rings. The number of nitrogens with zero attached hydrogens (tertiary/aromatic N) is 2. The highest BCUT2D eigenvalue weighted by Gasteiger charge is 2.42. The number of likely N-dealkylation sites (tertiary alicyclic amines) is 1. The van der Waals surface area contributed by atoms with Crippen LogP contribution in [0.4, 0.5) is 4.79 Å². The lowest BCUT2D eigenvalue weighted by atomic mass is 10.2. The second-order valence-electron chi connectivity index (χ2n) is 4.96. The van der Waals surface area contributed by atoms with E-state index in [0.717, 1.165) is 19.5 Å². The van der Waals surface area contributed by atoms with Gasteiger partial charge in [0.15, 0.2) is 0 Å². The minimum Gasteiger partial charge on any atom is -0.298 e. The number of urea groups is 1. The summed E-state index contributed by atoms with van der Waals surface area (Å²) in [5.74, 6) is -0.852. The van der Waals surface area contributed by atoms with Crippen molar-refractivity contribution in [3.8, 4) is 0 Å². The Morgan fingerprint density at radius 1 is 1.06 bits per heavy atom. The van der Waals surface area contributed by atoms with Crippen molar-refractivity contribution >= 4 is 17.8 Å². The van der Waals surface area contributed by atoms with E-state index in [1.54, 1.807) is 0 Å². The van der Waals surface area contributed by atoms with Crippen molar-refractivity contribution in [2.24, 2.45) is 0 Å². The molecule has 2 saturated heterocycles. The highest BCUT2D eigenvalue weighted by Crippen LogP contribution is 2.31. The first kappa shape index (κ1) is 10.7. The van der Waals surface area contributed by atoms with Crippen molar-refractivity contribution in [1.82, 2.24) is 15.1 Å². The van der Waals surface area contributed by atoms with Gasteiger partial charge < -0.3 is 0 Å². The van der Waals surface area contributed by atoms with Gasteiger partial charge in [0.1, 0.15) is 6.42 Å².